The van der Waals surface area contributed by atoms with Crippen LogP contribution in [0.5, 0.6) is 0 Å². The number of anilines is 2. The van der Waals surface area contributed by atoms with Crippen LogP contribution in [-0.2, 0) is 14.6 Å². The lowest BCUT2D eigenvalue weighted by atomic mass is 10.1. The van der Waals surface area contributed by atoms with Gasteiger partial charge in [-0.2, -0.15) is 13.2 Å². The number of benzene rings is 1. The summed E-state index contributed by atoms with van der Waals surface area (Å²) in [5.74, 6) is -1.44. The molecule has 1 aromatic rings. The molecule has 1 aromatic carbocycles. The van der Waals surface area contributed by atoms with Crippen molar-refractivity contribution in [3.05, 3.63) is 23.8 Å². The molecular weight excluding hydrogens is 409 g/mol. The van der Waals surface area contributed by atoms with Crippen molar-refractivity contribution in [1.82, 2.24) is 0 Å². The molecule has 1 unspecified atom stereocenters. The monoisotopic (exact) mass is 430 g/mol. The number of nitrogens with zero attached hydrogens (tertiary/aromatic N) is 1. The van der Waals surface area contributed by atoms with Crippen LogP contribution in [0, 0.1) is 6.92 Å². The summed E-state index contributed by atoms with van der Waals surface area (Å²) in [6.45, 7) is 7.19. The lowest BCUT2D eigenvalue weighted by Gasteiger charge is -2.23. The first-order chi connectivity index (χ1) is 12.4. The summed E-state index contributed by atoms with van der Waals surface area (Å²) < 4.78 is 65.9. The maximum Gasteiger partial charge on any atom is 0.426 e. The summed E-state index contributed by atoms with van der Waals surface area (Å²) in [4.78, 5) is 13.9. The molecule has 1 rings (SSSR count). The highest BCUT2D eigenvalue weighted by Crippen LogP contribution is 2.26. The van der Waals surface area contributed by atoms with Crippen LogP contribution in [0.25, 0.3) is 0 Å². The second kappa shape index (κ2) is 9.50. The van der Waals surface area contributed by atoms with Crippen molar-refractivity contribution in [3.63, 3.8) is 0 Å². The fourth-order valence-corrected chi connectivity index (χ4v) is 3.39. The Labute approximate surface area is 161 Å². The highest BCUT2D eigenvalue weighted by Gasteiger charge is 2.45. The number of ether oxygens (including phenoxy) is 1. The van der Waals surface area contributed by atoms with Crippen LogP contribution in [-0.4, -0.2) is 50.8 Å². The van der Waals surface area contributed by atoms with Gasteiger partial charge in [0.05, 0.1) is 5.75 Å². The summed E-state index contributed by atoms with van der Waals surface area (Å²) in [5, 5.41) is 1.21. The van der Waals surface area contributed by atoms with Gasteiger partial charge in [0.25, 0.3) is 0 Å². The molecule has 0 aliphatic heterocycles. The molecule has 0 bridgehead atoms. The third-order valence-corrected chi connectivity index (χ3v) is 5.90. The van der Waals surface area contributed by atoms with E-state index in [9.17, 15) is 26.4 Å². The first-order valence-electron chi connectivity index (χ1n) is 8.09. The van der Waals surface area contributed by atoms with E-state index < -0.39 is 39.2 Å². The summed E-state index contributed by atoms with van der Waals surface area (Å²) in [5.41, 5.74) is 1.78. The predicted octanol–water partition coefficient (Wildman–Crippen LogP) is 3.93. The zero-order valence-corrected chi connectivity index (χ0v) is 16.7. The van der Waals surface area contributed by atoms with Gasteiger partial charge < -0.3 is 9.64 Å². The Morgan fingerprint density at radius 3 is 2.33 bits per heavy atom. The average molecular weight is 431 g/mol. The smallest absolute Gasteiger partial charge is 0.426 e. The molecule has 1 amide bonds. The van der Waals surface area contributed by atoms with E-state index in [-0.39, 0.29) is 5.69 Å². The highest BCUT2D eigenvalue weighted by atomic mass is 35.5. The van der Waals surface area contributed by atoms with E-state index in [1.807, 2.05) is 13.8 Å². The zero-order valence-electron chi connectivity index (χ0n) is 15.1. The topological polar surface area (TPSA) is 75.7 Å². The van der Waals surface area contributed by atoms with Gasteiger partial charge in [-0.15, -0.1) is 11.6 Å². The fourth-order valence-electron chi connectivity index (χ4n) is 2.31. The molecule has 0 heterocycles. The number of carbonyl (C=O) groups is 1. The molecular formula is C16H22ClF3N2O4S. The summed E-state index contributed by atoms with van der Waals surface area (Å²) >= 11 is 5.12. The number of sulfone groups is 1. The van der Waals surface area contributed by atoms with Crippen molar-refractivity contribution in [2.75, 3.05) is 34.3 Å². The molecule has 0 aliphatic carbocycles. The first kappa shape index (κ1) is 23.4. The van der Waals surface area contributed by atoms with Crippen molar-refractivity contribution in [3.8, 4) is 0 Å². The number of halogens is 4. The number of hydrogen-bond acceptors (Lipinski definition) is 5. The fraction of sp³-hybridized carbons (Fsp3) is 0.562. The third-order valence-electron chi connectivity index (χ3n) is 3.76. The number of aryl methyl sites for hydroxylation is 1. The Balaban J connectivity index is 2.90. The summed E-state index contributed by atoms with van der Waals surface area (Å²) in [6, 6.07) is 5.04. The van der Waals surface area contributed by atoms with Crippen molar-refractivity contribution in [1.29, 1.82) is 0 Å². The van der Waals surface area contributed by atoms with Crippen molar-refractivity contribution in [2.45, 2.75) is 33.1 Å². The lowest BCUT2D eigenvalue weighted by Crippen LogP contribution is -2.40. The van der Waals surface area contributed by atoms with E-state index in [0.717, 1.165) is 18.8 Å². The molecule has 0 fully saturated rings. The standard InChI is InChI=1S/C16H22ClF3N2O4S/c1-4-22(5-2)12-6-7-13(11(3)8-12)21-15(23)26-14(16(18,19)20)9-27(24,25)10-17/h6-8,14H,4-5,9-10H2,1-3H3,(H,21,23). The van der Waals surface area contributed by atoms with Crippen molar-refractivity contribution < 1.29 is 31.1 Å². The van der Waals surface area contributed by atoms with E-state index in [1.165, 1.54) is 0 Å². The Bertz CT molecular complexity index is 753. The first-order valence-corrected chi connectivity index (χ1v) is 10.4. The van der Waals surface area contributed by atoms with Crippen LogP contribution >= 0.6 is 11.6 Å². The van der Waals surface area contributed by atoms with Crippen LogP contribution in [0.3, 0.4) is 0 Å². The molecule has 0 spiro atoms. The van der Waals surface area contributed by atoms with Crippen molar-refractivity contribution in [2.24, 2.45) is 0 Å². The van der Waals surface area contributed by atoms with E-state index in [4.69, 9.17) is 11.6 Å². The molecule has 1 N–H and O–H groups in total. The molecule has 0 saturated heterocycles. The minimum absolute atomic E-state index is 0.261. The summed E-state index contributed by atoms with van der Waals surface area (Å²) in [7, 11) is -4.21. The van der Waals surface area contributed by atoms with Gasteiger partial charge in [0.2, 0.25) is 6.10 Å². The molecule has 27 heavy (non-hydrogen) atoms. The molecule has 11 heteroatoms. The third kappa shape index (κ3) is 7.10. The normalized spacial score (nSPS) is 13.1. The number of nitrogens with one attached hydrogen (secondary N) is 1. The van der Waals surface area contributed by atoms with Gasteiger partial charge in [-0.05, 0) is 44.5 Å². The van der Waals surface area contributed by atoms with Crippen LogP contribution in [0.1, 0.15) is 19.4 Å². The molecule has 1 atom stereocenters. The number of carbonyl (C=O) groups excluding carboxylic acids is 1. The molecule has 154 valence electrons. The maximum absolute atomic E-state index is 13.0. The van der Waals surface area contributed by atoms with E-state index in [2.05, 4.69) is 15.0 Å². The van der Waals surface area contributed by atoms with Gasteiger partial charge in [0, 0.05) is 24.5 Å². The molecule has 6 nitrogen and oxygen atoms in total. The second-order valence-corrected chi connectivity index (χ2v) is 8.44. The average Bonchev–Trinajstić information content (AvgIpc) is 2.56. The molecule has 0 aromatic heterocycles. The number of rotatable bonds is 8. The number of alkyl halides is 4. The van der Waals surface area contributed by atoms with Crippen LogP contribution < -0.4 is 10.2 Å². The van der Waals surface area contributed by atoms with Gasteiger partial charge in [-0.25, -0.2) is 13.2 Å². The van der Waals surface area contributed by atoms with E-state index >= 15 is 0 Å². The van der Waals surface area contributed by atoms with Crippen molar-refractivity contribution >= 4 is 38.9 Å². The van der Waals surface area contributed by atoms with E-state index in [1.54, 1.807) is 25.1 Å². The van der Waals surface area contributed by atoms with Crippen LogP contribution in [0.4, 0.5) is 29.3 Å². The Kier molecular flexibility index (Phi) is 8.22. The Morgan fingerprint density at radius 2 is 1.89 bits per heavy atom. The quantitative estimate of drug-likeness (QED) is 0.632. The largest absolute Gasteiger partial charge is 0.435 e. The Hall–Kier alpha value is -1.68. The van der Waals surface area contributed by atoms with Gasteiger partial charge in [0.1, 0.15) is 5.21 Å². The van der Waals surface area contributed by atoms with Crippen LogP contribution in [0.15, 0.2) is 18.2 Å². The lowest BCUT2D eigenvalue weighted by molar-refractivity contribution is -0.195. The molecule has 0 aliphatic rings. The highest BCUT2D eigenvalue weighted by molar-refractivity contribution is 7.92. The van der Waals surface area contributed by atoms with Crippen LogP contribution in [0.2, 0.25) is 0 Å². The van der Waals surface area contributed by atoms with Gasteiger partial charge in [-0.3, -0.25) is 5.32 Å². The second-order valence-electron chi connectivity index (χ2n) is 5.75. The van der Waals surface area contributed by atoms with E-state index in [0.29, 0.717) is 5.56 Å². The van der Waals surface area contributed by atoms with Gasteiger partial charge in [0.15, 0.2) is 9.84 Å². The summed E-state index contributed by atoms with van der Waals surface area (Å²) in [6.07, 6.45) is -9.25. The number of hydrogen-bond donors (Lipinski definition) is 1. The van der Waals surface area contributed by atoms with Gasteiger partial charge in [-0.1, -0.05) is 0 Å². The SMILES string of the molecule is CCN(CC)c1ccc(NC(=O)OC(CS(=O)(=O)CCl)C(F)(F)F)c(C)c1. The molecule has 0 radical (unpaired) electrons. The van der Waals surface area contributed by atoms with Gasteiger partial charge >= 0.3 is 12.3 Å². The predicted molar refractivity (Wildman–Crippen MR) is 99.2 cm³/mol. The maximum atomic E-state index is 13.0. The zero-order chi connectivity index (χ0) is 20.8. The molecule has 0 saturated carbocycles. The minimum atomic E-state index is -5.04. The number of amides is 1. The Morgan fingerprint density at radius 1 is 1.30 bits per heavy atom. The minimum Gasteiger partial charge on any atom is -0.435 e.